The summed E-state index contributed by atoms with van der Waals surface area (Å²) in [6.07, 6.45) is 4.02. The van der Waals surface area contributed by atoms with Gasteiger partial charge in [-0.1, -0.05) is 31.0 Å². The molecule has 10 nitrogen and oxygen atoms in total. The average Bonchev–Trinajstić information content (AvgIpc) is 3.60. The molecule has 12 heteroatoms. The molecule has 0 spiro atoms. The molecule has 1 atom stereocenters. The predicted octanol–water partition coefficient (Wildman–Crippen LogP) is 3.47. The van der Waals surface area contributed by atoms with Gasteiger partial charge < -0.3 is 31.2 Å². The molecule has 1 fully saturated rings. The standard InChI is InChI=1S/C28H32FN5O5S/c1-38-20-12-7-16(15-21(20)39-2)13-14-34(28(37)25-22(30)23(26(31)35)33-40-25)24(17-8-10-18(29)11-9-17)27(36)32-19-5-3-4-6-19/h7-12,15,19,24H,3-6,13-14,30H2,1-2H3,(H2,31,35)(H,32,36)/t24-/m1/s1. The number of primary amides is 1. The van der Waals surface area contributed by atoms with Gasteiger partial charge in [0.15, 0.2) is 17.2 Å². The van der Waals surface area contributed by atoms with Crippen molar-refractivity contribution in [2.24, 2.45) is 5.73 Å². The molecule has 212 valence electrons. The van der Waals surface area contributed by atoms with Gasteiger partial charge in [-0.05, 0) is 66.2 Å². The quantitative estimate of drug-likeness (QED) is 0.320. The molecule has 0 bridgehead atoms. The van der Waals surface area contributed by atoms with Gasteiger partial charge in [-0.15, -0.1) is 0 Å². The Balaban J connectivity index is 1.74. The number of hydrogen-bond acceptors (Lipinski definition) is 8. The van der Waals surface area contributed by atoms with E-state index in [1.165, 1.54) is 43.4 Å². The minimum Gasteiger partial charge on any atom is -0.493 e. The van der Waals surface area contributed by atoms with E-state index in [1.807, 2.05) is 6.07 Å². The van der Waals surface area contributed by atoms with Crippen molar-refractivity contribution < 1.29 is 28.2 Å². The molecule has 40 heavy (non-hydrogen) atoms. The van der Waals surface area contributed by atoms with Crippen LogP contribution in [0.5, 0.6) is 11.5 Å². The molecule has 4 rings (SSSR count). The van der Waals surface area contributed by atoms with Crippen molar-refractivity contribution in [3.8, 4) is 11.5 Å². The summed E-state index contributed by atoms with van der Waals surface area (Å²) in [6, 6.07) is 9.71. The van der Waals surface area contributed by atoms with Crippen LogP contribution in [0.4, 0.5) is 10.1 Å². The Kier molecular flexibility index (Phi) is 9.20. The fraction of sp³-hybridized carbons (Fsp3) is 0.357. The van der Waals surface area contributed by atoms with Crippen LogP contribution in [0.2, 0.25) is 0 Å². The number of methoxy groups -OCH3 is 2. The molecule has 1 aliphatic rings. The maximum absolute atomic E-state index is 14.0. The lowest BCUT2D eigenvalue weighted by Crippen LogP contribution is -2.46. The maximum Gasteiger partial charge on any atom is 0.270 e. The second kappa shape index (κ2) is 12.8. The molecule has 0 unspecified atom stereocenters. The van der Waals surface area contributed by atoms with Crippen LogP contribution in [0.1, 0.15) is 63.0 Å². The van der Waals surface area contributed by atoms with Crippen molar-refractivity contribution in [1.82, 2.24) is 14.6 Å². The van der Waals surface area contributed by atoms with E-state index in [-0.39, 0.29) is 28.8 Å². The Morgan fingerprint density at radius 3 is 2.38 bits per heavy atom. The van der Waals surface area contributed by atoms with E-state index < -0.39 is 29.6 Å². The molecule has 5 N–H and O–H groups in total. The average molecular weight is 570 g/mol. The summed E-state index contributed by atoms with van der Waals surface area (Å²) in [4.78, 5) is 41.0. The molecule has 2 aromatic carbocycles. The Bertz CT molecular complexity index is 1370. The number of nitrogen functional groups attached to an aromatic ring is 1. The summed E-state index contributed by atoms with van der Waals surface area (Å²) in [6.45, 7) is 0.0810. The van der Waals surface area contributed by atoms with Gasteiger partial charge in [0.25, 0.3) is 11.8 Å². The molecule has 1 heterocycles. The Hall–Kier alpha value is -4.19. The molecule has 1 aromatic heterocycles. The van der Waals surface area contributed by atoms with Gasteiger partial charge in [-0.3, -0.25) is 14.4 Å². The molecular weight excluding hydrogens is 537 g/mol. The third kappa shape index (κ3) is 6.33. The van der Waals surface area contributed by atoms with Gasteiger partial charge in [-0.2, -0.15) is 4.37 Å². The van der Waals surface area contributed by atoms with E-state index in [0.29, 0.717) is 23.5 Å². The first-order valence-electron chi connectivity index (χ1n) is 12.9. The second-order valence-electron chi connectivity index (χ2n) is 9.52. The zero-order valence-electron chi connectivity index (χ0n) is 22.3. The molecule has 0 saturated heterocycles. The Labute approximate surface area is 235 Å². The van der Waals surface area contributed by atoms with Gasteiger partial charge in [0.1, 0.15) is 16.7 Å². The molecule has 3 aromatic rings. The summed E-state index contributed by atoms with van der Waals surface area (Å²) in [5.41, 5.74) is 12.4. The lowest BCUT2D eigenvalue weighted by Gasteiger charge is -2.32. The minimum absolute atomic E-state index is 0.0121. The number of nitrogens with two attached hydrogens (primary N) is 2. The first-order valence-corrected chi connectivity index (χ1v) is 13.6. The predicted molar refractivity (Wildman–Crippen MR) is 149 cm³/mol. The van der Waals surface area contributed by atoms with Crippen LogP contribution in [0, 0.1) is 5.82 Å². The van der Waals surface area contributed by atoms with Crippen molar-refractivity contribution in [3.05, 3.63) is 70.0 Å². The Morgan fingerprint density at radius 1 is 1.10 bits per heavy atom. The van der Waals surface area contributed by atoms with Crippen molar-refractivity contribution in [2.75, 3.05) is 26.5 Å². The number of ether oxygens (including phenoxy) is 2. The fourth-order valence-corrected chi connectivity index (χ4v) is 5.62. The first kappa shape index (κ1) is 28.8. The molecule has 1 aliphatic carbocycles. The summed E-state index contributed by atoms with van der Waals surface area (Å²) in [5.74, 6) is -1.25. The highest BCUT2D eigenvalue weighted by Crippen LogP contribution is 2.32. The summed E-state index contributed by atoms with van der Waals surface area (Å²) >= 11 is 0.738. The van der Waals surface area contributed by atoms with Crippen molar-refractivity contribution in [1.29, 1.82) is 0 Å². The molecule has 0 radical (unpaired) electrons. The van der Waals surface area contributed by atoms with Crippen LogP contribution < -0.4 is 26.3 Å². The van der Waals surface area contributed by atoms with E-state index in [1.54, 1.807) is 12.1 Å². The smallest absolute Gasteiger partial charge is 0.270 e. The van der Waals surface area contributed by atoms with Crippen LogP contribution in [-0.4, -0.2) is 53.8 Å². The lowest BCUT2D eigenvalue weighted by atomic mass is 10.0. The second-order valence-corrected chi connectivity index (χ2v) is 10.3. The van der Waals surface area contributed by atoms with E-state index in [4.69, 9.17) is 20.9 Å². The van der Waals surface area contributed by atoms with Crippen LogP contribution in [0.15, 0.2) is 42.5 Å². The largest absolute Gasteiger partial charge is 0.493 e. The summed E-state index contributed by atoms with van der Waals surface area (Å²) in [7, 11) is 3.06. The number of rotatable bonds is 11. The van der Waals surface area contributed by atoms with E-state index in [9.17, 15) is 18.8 Å². The van der Waals surface area contributed by atoms with E-state index >= 15 is 0 Å². The summed E-state index contributed by atoms with van der Waals surface area (Å²) in [5, 5.41) is 3.07. The number of hydrogen-bond donors (Lipinski definition) is 3. The van der Waals surface area contributed by atoms with Crippen LogP contribution in [-0.2, 0) is 11.2 Å². The molecule has 3 amide bonds. The first-order chi connectivity index (χ1) is 19.2. The number of carbonyl (C=O) groups excluding carboxylic acids is 3. The number of benzene rings is 2. The number of amides is 3. The normalized spacial score (nSPS) is 14.0. The number of halogens is 1. The molecule has 1 saturated carbocycles. The highest BCUT2D eigenvalue weighted by Gasteiger charge is 2.35. The lowest BCUT2D eigenvalue weighted by molar-refractivity contribution is -0.126. The maximum atomic E-state index is 14.0. The highest BCUT2D eigenvalue weighted by molar-refractivity contribution is 7.09. The number of nitrogens with zero attached hydrogens (tertiary/aromatic N) is 2. The zero-order valence-corrected chi connectivity index (χ0v) is 23.1. The SMILES string of the molecule is COc1ccc(CCN(C(=O)c2snc(C(N)=O)c2N)[C@@H](C(=O)NC2CCCC2)c2ccc(F)cc2)cc1OC. The Morgan fingerprint density at radius 2 is 1.77 bits per heavy atom. The third-order valence-corrected chi connectivity index (χ3v) is 7.80. The summed E-state index contributed by atoms with van der Waals surface area (Å²) < 4.78 is 28.6. The van der Waals surface area contributed by atoms with Gasteiger partial charge in [-0.25, -0.2) is 4.39 Å². The van der Waals surface area contributed by atoms with Crippen molar-refractivity contribution >= 4 is 34.9 Å². The van der Waals surface area contributed by atoms with Gasteiger partial charge in [0.2, 0.25) is 5.91 Å². The number of anilines is 1. The van der Waals surface area contributed by atoms with Gasteiger partial charge >= 0.3 is 0 Å². The third-order valence-electron chi connectivity index (χ3n) is 6.95. The van der Waals surface area contributed by atoms with E-state index in [0.717, 1.165) is 42.8 Å². The highest BCUT2D eigenvalue weighted by atomic mass is 32.1. The zero-order chi connectivity index (χ0) is 28.8. The van der Waals surface area contributed by atoms with Crippen molar-refractivity contribution in [2.45, 2.75) is 44.2 Å². The van der Waals surface area contributed by atoms with Crippen LogP contribution >= 0.6 is 11.5 Å². The number of carbonyl (C=O) groups is 3. The number of nitrogens with one attached hydrogen (secondary N) is 1. The topological polar surface area (TPSA) is 150 Å². The van der Waals surface area contributed by atoms with E-state index in [2.05, 4.69) is 9.69 Å². The van der Waals surface area contributed by atoms with Gasteiger partial charge in [0.05, 0.1) is 19.9 Å². The van der Waals surface area contributed by atoms with Crippen molar-refractivity contribution in [3.63, 3.8) is 0 Å². The molecular formula is C28H32FN5O5S. The van der Waals surface area contributed by atoms with Gasteiger partial charge in [0, 0.05) is 12.6 Å². The van der Waals surface area contributed by atoms with Crippen LogP contribution in [0.3, 0.4) is 0 Å². The fourth-order valence-electron chi connectivity index (χ4n) is 4.86. The minimum atomic E-state index is -1.10. The monoisotopic (exact) mass is 569 g/mol. The molecule has 0 aliphatic heterocycles. The number of aromatic nitrogens is 1. The van der Waals surface area contributed by atoms with Crippen LogP contribution in [0.25, 0.3) is 0 Å².